The van der Waals surface area contributed by atoms with Crippen molar-refractivity contribution in [3.8, 4) is 0 Å². The maximum atomic E-state index is 13.0. The number of primary amides is 1. The first kappa shape index (κ1) is 20.0. The number of morpholine rings is 1. The van der Waals surface area contributed by atoms with Gasteiger partial charge in [-0.05, 0) is 24.6 Å². The Morgan fingerprint density at radius 1 is 1.26 bits per heavy atom. The molecule has 1 saturated heterocycles. The molecule has 0 spiro atoms. The fraction of sp³-hybridized carbons (Fsp3) is 0.412. The molecule has 2 aliphatic heterocycles. The molecular weight excluding hydrogens is 390 g/mol. The number of ether oxygens (including phenoxy) is 1. The van der Waals surface area contributed by atoms with E-state index in [0.717, 1.165) is 11.8 Å². The van der Waals surface area contributed by atoms with Gasteiger partial charge in [-0.3, -0.25) is 9.59 Å². The van der Waals surface area contributed by atoms with Crippen LogP contribution in [0.4, 0.5) is 0 Å². The van der Waals surface area contributed by atoms with Crippen LogP contribution in [0.15, 0.2) is 34.6 Å². The molecule has 27 heavy (non-hydrogen) atoms. The quantitative estimate of drug-likeness (QED) is 0.704. The third-order valence-electron chi connectivity index (χ3n) is 4.62. The van der Waals surface area contributed by atoms with Crippen LogP contribution >= 0.6 is 11.8 Å². The number of nitrogens with two attached hydrogens (primary N) is 2. The van der Waals surface area contributed by atoms with Crippen LogP contribution in [0.1, 0.15) is 22.8 Å². The number of rotatable bonds is 5. The highest BCUT2D eigenvalue weighted by Gasteiger charge is 2.49. The summed E-state index contributed by atoms with van der Waals surface area (Å²) in [6.45, 7) is 2.45. The predicted octanol–water partition coefficient (Wildman–Crippen LogP) is 0.147. The second kappa shape index (κ2) is 7.36. The zero-order valence-corrected chi connectivity index (χ0v) is 16.4. The Bertz CT molecular complexity index is 909. The van der Waals surface area contributed by atoms with Crippen molar-refractivity contribution in [2.24, 2.45) is 11.5 Å². The lowest BCUT2D eigenvalue weighted by Crippen LogP contribution is -2.46. The number of carbonyl (C=O) groups is 2. The number of carbonyl (C=O) groups excluding carboxylic acids is 2. The molecule has 0 bridgehead atoms. The van der Waals surface area contributed by atoms with Crippen LogP contribution in [0.3, 0.4) is 0 Å². The molecule has 1 amide bonds. The second-order valence-corrected chi connectivity index (χ2v) is 9.74. The van der Waals surface area contributed by atoms with Gasteiger partial charge < -0.3 is 16.2 Å². The molecule has 0 aliphatic carbocycles. The van der Waals surface area contributed by atoms with E-state index < -0.39 is 26.7 Å². The summed E-state index contributed by atoms with van der Waals surface area (Å²) in [6.07, 6.45) is 1.37. The summed E-state index contributed by atoms with van der Waals surface area (Å²) in [4.78, 5) is 24.1. The Morgan fingerprint density at radius 2 is 1.89 bits per heavy atom. The minimum atomic E-state index is -3.81. The number of amides is 1. The number of hydrogen-bond donors (Lipinski definition) is 2. The van der Waals surface area contributed by atoms with Gasteiger partial charge in [0, 0.05) is 18.7 Å². The maximum Gasteiger partial charge on any atom is 0.249 e. The molecule has 0 radical (unpaired) electrons. The molecule has 1 aromatic rings. The molecule has 2 atom stereocenters. The predicted molar refractivity (Wildman–Crippen MR) is 102 cm³/mol. The standard InChI is InChI=1S/C17H21N3O5S2/c1-11(21)15-17(19,13-5-3-2-4-12(13)16(18)22)10-14(26-15)27(23,24)20-6-8-25-9-7-20/h2-5,10,15H,6-9,19H2,1H3,(H2,18,22). The van der Waals surface area contributed by atoms with Gasteiger partial charge in [-0.1, -0.05) is 30.0 Å². The fourth-order valence-corrected chi connectivity index (χ4v) is 6.65. The van der Waals surface area contributed by atoms with Crippen LogP contribution in [0.2, 0.25) is 0 Å². The topological polar surface area (TPSA) is 133 Å². The van der Waals surface area contributed by atoms with Crippen LogP contribution in [0.25, 0.3) is 0 Å². The molecule has 2 unspecified atom stereocenters. The Hall–Kier alpha value is -1.72. The average Bonchev–Trinajstić information content (AvgIpc) is 3.02. The number of Topliss-reactive ketones (excluding diaryl/α,β-unsaturated/α-hetero) is 1. The maximum absolute atomic E-state index is 13.0. The van der Waals surface area contributed by atoms with Crippen molar-refractivity contribution in [3.05, 3.63) is 45.7 Å². The minimum Gasteiger partial charge on any atom is -0.379 e. The van der Waals surface area contributed by atoms with Gasteiger partial charge in [0.2, 0.25) is 15.9 Å². The van der Waals surface area contributed by atoms with E-state index in [1.54, 1.807) is 18.2 Å². The van der Waals surface area contributed by atoms with Crippen molar-refractivity contribution in [1.29, 1.82) is 0 Å². The Labute approximate surface area is 162 Å². The smallest absolute Gasteiger partial charge is 0.249 e. The summed E-state index contributed by atoms with van der Waals surface area (Å²) >= 11 is 0.906. The molecule has 1 fully saturated rings. The van der Waals surface area contributed by atoms with E-state index in [0.29, 0.717) is 18.8 Å². The second-order valence-electron chi connectivity index (χ2n) is 6.43. The number of hydrogen-bond acceptors (Lipinski definition) is 7. The van der Waals surface area contributed by atoms with E-state index in [1.165, 1.54) is 23.4 Å². The molecule has 0 aromatic heterocycles. The van der Waals surface area contributed by atoms with Crippen molar-refractivity contribution in [1.82, 2.24) is 4.31 Å². The Morgan fingerprint density at radius 3 is 2.48 bits per heavy atom. The van der Waals surface area contributed by atoms with Gasteiger partial charge >= 0.3 is 0 Å². The summed E-state index contributed by atoms with van der Waals surface area (Å²) in [6, 6.07) is 6.40. The van der Waals surface area contributed by atoms with E-state index in [9.17, 15) is 18.0 Å². The van der Waals surface area contributed by atoms with Gasteiger partial charge in [-0.15, -0.1) is 0 Å². The van der Waals surface area contributed by atoms with Crippen molar-refractivity contribution in [2.75, 3.05) is 26.3 Å². The third kappa shape index (κ3) is 3.55. The highest BCUT2D eigenvalue weighted by molar-refractivity contribution is 8.18. The lowest BCUT2D eigenvalue weighted by molar-refractivity contribution is -0.117. The highest BCUT2D eigenvalue weighted by atomic mass is 32.3. The number of ketones is 1. The van der Waals surface area contributed by atoms with E-state index in [-0.39, 0.29) is 28.7 Å². The van der Waals surface area contributed by atoms with Crippen molar-refractivity contribution in [3.63, 3.8) is 0 Å². The van der Waals surface area contributed by atoms with Crippen LogP contribution in [-0.4, -0.2) is 56.0 Å². The van der Waals surface area contributed by atoms with Crippen LogP contribution in [0.5, 0.6) is 0 Å². The minimum absolute atomic E-state index is 0.00590. The number of benzene rings is 1. The molecule has 10 heteroatoms. The first-order valence-corrected chi connectivity index (χ1v) is 10.7. The van der Waals surface area contributed by atoms with Crippen molar-refractivity contribution >= 4 is 33.5 Å². The van der Waals surface area contributed by atoms with Gasteiger partial charge in [-0.25, -0.2) is 8.42 Å². The SMILES string of the molecule is CC(=O)C1SC(S(=O)(=O)N2CCOCC2)=CC1(N)c1ccccc1C(N)=O. The van der Waals surface area contributed by atoms with Gasteiger partial charge in [-0.2, -0.15) is 4.31 Å². The van der Waals surface area contributed by atoms with Crippen molar-refractivity contribution in [2.45, 2.75) is 17.7 Å². The van der Waals surface area contributed by atoms with E-state index in [1.807, 2.05) is 0 Å². The molecule has 4 N–H and O–H groups in total. The Kier molecular flexibility index (Phi) is 5.46. The van der Waals surface area contributed by atoms with Gasteiger partial charge in [0.05, 0.1) is 24.0 Å². The summed E-state index contributed by atoms with van der Waals surface area (Å²) in [5.41, 5.74) is 11.0. The Balaban J connectivity index is 2.10. The van der Waals surface area contributed by atoms with Crippen LogP contribution < -0.4 is 11.5 Å². The number of thioether (sulfide) groups is 1. The molecule has 1 aromatic carbocycles. The summed E-state index contributed by atoms with van der Waals surface area (Å²) in [5, 5.41) is -0.885. The molecule has 146 valence electrons. The fourth-order valence-electron chi connectivity index (χ4n) is 3.28. The van der Waals surface area contributed by atoms with E-state index >= 15 is 0 Å². The largest absolute Gasteiger partial charge is 0.379 e. The molecule has 2 aliphatic rings. The van der Waals surface area contributed by atoms with Gasteiger partial charge in [0.15, 0.2) is 0 Å². The molecule has 8 nitrogen and oxygen atoms in total. The summed E-state index contributed by atoms with van der Waals surface area (Å²) in [7, 11) is -3.81. The first-order valence-electron chi connectivity index (χ1n) is 8.34. The lowest BCUT2D eigenvalue weighted by atomic mass is 9.83. The van der Waals surface area contributed by atoms with Crippen LogP contribution in [-0.2, 0) is 25.1 Å². The highest BCUT2D eigenvalue weighted by Crippen LogP contribution is 2.47. The summed E-state index contributed by atoms with van der Waals surface area (Å²) in [5.74, 6) is -0.981. The van der Waals surface area contributed by atoms with Gasteiger partial charge in [0.25, 0.3) is 0 Å². The summed E-state index contributed by atoms with van der Waals surface area (Å²) < 4.78 is 32.6. The number of sulfonamides is 1. The monoisotopic (exact) mass is 411 g/mol. The van der Waals surface area contributed by atoms with Crippen molar-refractivity contribution < 1.29 is 22.7 Å². The molecule has 2 heterocycles. The van der Waals surface area contributed by atoms with Gasteiger partial charge in [0.1, 0.15) is 10.0 Å². The first-order chi connectivity index (χ1) is 12.7. The third-order valence-corrected chi connectivity index (χ3v) is 8.52. The average molecular weight is 412 g/mol. The molecule has 3 rings (SSSR count). The molecule has 0 saturated carbocycles. The zero-order chi connectivity index (χ0) is 19.8. The molecular formula is C17H21N3O5S2. The van der Waals surface area contributed by atoms with E-state index in [4.69, 9.17) is 16.2 Å². The van der Waals surface area contributed by atoms with E-state index in [2.05, 4.69) is 0 Å². The number of nitrogens with zero attached hydrogens (tertiary/aromatic N) is 1. The lowest BCUT2D eigenvalue weighted by Gasteiger charge is -2.29. The normalized spacial score (nSPS) is 26.6. The zero-order valence-electron chi connectivity index (χ0n) is 14.8. The van der Waals surface area contributed by atoms with Crippen LogP contribution in [0, 0.1) is 0 Å².